The van der Waals surface area contributed by atoms with Gasteiger partial charge in [0.15, 0.2) is 0 Å². The molecule has 1 aliphatic rings. The van der Waals surface area contributed by atoms with Crippen LogP contribution in [0.5, 0.6) is 0 Å². The first-order valence-corrected chi connectivity index (χ1v) is 12.3. The van der Waals surface area contributed by atoms with Crippen LogP contribution in [0, 0.1) is 11.8 Å². The summed E-state index contributed by atoms with van der Waals surface area (Å²) >= 11 is 0. The normalized spacial score (nSPS) is 19.8. The van der Waals surface area contributed by atoms with Crippen LogP contribution in [0.3, 0.4) is 0 Å². The number of nitrogens with zero attached hydrogens (tertiary/aromatic N) is 1. The first-order valence-electron chi connectivity index (χ1n) is 12.3. The Kier molecular flexibility index (Phi) is 11.2. The zero-order chi connectivity index (χ0) is 26.0. The molecule has 0 unspecified atom stereocenters. The fraction of sp³-hybridized carbons (Fsp3) is 0.536. The third kappa shape index (κ3) is 8.35. The highest BCUT2D eigenvalue weighted by Crippen LogP contribution is 2.23. The number of allylic oxidation sites excluding steroid dienone is 2. The number of hydrogen-bond acceptors (Lipinski definition) is 5. The topological polar surface area (TPSA) is 84.9 Å². The predicted octanol–water partition coefficient (Wildman–Crippen LogP) is 3.69. The average molecular weight is 485 g/mol. The van der Waals surface area contributed by atoms with E-state index in [0.717, 1.165) is 18.4 Å². The quantitative estimate of drug-likeness (QED) is 0.383. The van der Waals surface area contributed by atoms with E-state index in [1.165, 1.54) is 19.6 Å². The number of carbonyl (C=O) groups is 3. The lowest BCUT2D eigenvalue weighted by atomic mass is 9.94. The monoisotopic (exact) mass is 484 g/mol. The van der Waals surface area contributed by atoms with E-state index in [4.69, 9.17) is 9.47 Å². The Balaban J connectivity index is 2.12. The molecule has 1 N–H and O–H groups in total. The van der Waals surface area contributed by atoms with Crippen molar-refractivity contribution in [3.8, 4) is 0 Å². The van der Waals surface area contributed by atoms with Gasteiger partial charge in [-0.25, -0.2) is 4.79 Å². The highest BCUT2D eigenvalue weighted by atomic mass is 16.5. The first-order chi connectivity index (χ1) is 16.7. The van der Waals surface area contributed by atoms with Crippen LogP contribution < -0.4 is 5.32 Å². The zero-order valence-electron chi connectivity index (χ0n) is 21.8. The highest BCUT2D eigenvalue weighted by molar-refractivity contribution is 5.87. The van der Waals surface area contributed by atoms with Gasteiger partial charge in [0, 0.05) is 26.5 Å². The first kappa shape index (κ1) is 28.3. The number of carbonyl (C=O) groups excluding carboxylic acids is 3. The maximum atomic E-state index is 13.2. The number of ether oxygens (including phenoxy) is 2. The van der Waals surface area contributed by atoms with Crippen LogP contribution >= 0.6 is 0 Å². The van der Waals surface area contributed by atoms with Crippen molar-refractivity contribution in [2.24, 2.45) is 11.8 Å². The Hall–Kier alpha value is -2.93. The number of nitrogens with one attached hydrogen (secondary N) is 1. The molecule has 7 nitrogen and oxygen atoms in total. The van der Waals surface area contributed by atoms with Gasteiger partial charge >= 0.3 is 5.97 Å². The SMILES string of the molecule is COC(=O)[C@H]1CCCN1C(=O)[C@@H](C)[C@H](/C=C/C(C)=C/[C@H](C)[C@H](Cc1ccccc1)OC)NC(C)=O. The van der Waals surface area contributed by atoms with Gasteiger partial charge in [-0.15, -0.1) is 0 Å². The van der Waals surface area contributed by atoms with Crippen LogP contribution in [0.1, 0.15) is 46.1 Å². The van der Waals surface area contributed by atoms with Gasteiger partial charge in [0.05, 0.1) is 25.2 Å². The van der Waals surface area contributed by atoms with Crippen LogP contribution in [-0.2, 0) is 30.3 Å². The lowest BCUT2D eigenvalue weighted by Crippen LogP contribution is -2.49. The Morgan fingerprint density at radius 3 is 2.43 bits per heavy atom. The molecule has 35 heavy (non-hydrogen) atoms. The second-order valence-electron chi connectivity index (χ2n) is 9.32. The van der Waals surface area contributed by atoms with E-state index in [2.05, 4.69) is 30.4 Å². The molecule has 1 heterocycles. The molecule has 1 fully saturated rings. The van der Waals surface area contributed by atoms with E-state index in [1.54, 1.807) is 18.9 Å². The minimum atomic E-state index is -0.560. The Morgan fingerprint density at radius 1 is 1.14 bits per heavy atom. The van der Waals surface area contributed by atoms with Gasteiger partial charge in [0.2, 0.25) is 11.8 Å². The van der Waals surface area contributed by atoms with E-state index in [1.807, 2.05) is 37.3 Å². The molecule has 192 valence electrons. The molecule has 7 heteroatoms. The third-order valence-corrected chi connectivity index (χ3v) is 6.57. The summed E-state index contributed by atoms with van der Waals surface area (Å²) in [5.41, 5.74) is 2.23. The third-order valence-electron chi connectivity index (χ3n) is 6.57. The smallest absolute Gasteiger partial charge is 0.328 e. The number of amides is 2. The number of likely N-dealkylation sites (tertiary alicyclic amines) is 1. The van der Waals surface area contributed by atoms with Gasteiger partial charge in [-0.2, -0.15) is 0 Å². The fourth-order valence-electron chi connectivity index (χ4n) is 4.56. The number of rotatable bonds is 11. The molecule has 0 spiro atoms. The Labute approximate surface area is 209 Å². The van der Waals surface area contributed by atoms with Gasteiger partial charge in [-0.3, -0.25) is 9.59 Å². The lowest BCUT2D eigenvalue weighted by Gasteiger charge is -2.29. The van der Waals surface area contributed by atoms with Crippen molar-refractivity contribution in [1.82, 2.24) is 10.2 Å². The summed E-state index contributed by atoms with van der Waals surface area (Å²) in [5, 5.41) is 2.88. The fourth-order valence-corrected chi connectivity index (χ4v) is 4.56. The summed E-state index contributed by atoms with van der Waals surface area (Å²) in [6.07, 6.45) is 8.10. The van der Waals surface area contributed by atoms with Crippen molar-refractivity contribution >= 4 is 17.8 Å². The Morgan fingerprint density at radius 2 is 1.83 bits per heavy atom. The van der Waals surface area contributed by atoms with Crippen molar-refractivity contribution in [1.29, 1.82) is 0 Å². The molecular formula is C28H40N2O5. The molecule has 0 aromatic heterocycles. The predicted molar refractivity (Wildman–Crippen MR) is 137 cm³/mol. The standard InChI is InChI=1S/C28H40N2O5/c1-19(17-20(2)26(34-5)18-23-11-8-7-9-12-23)14-15-24(29-22(4)31)21(3)27(32)30-16-10-13-25(30)28(33)35-6/h7-9,11-12,14-15,17,20-21,24-26H,10,13,16,18H2,1-6H3,(H,29,31)/b15-14+,19-17+/t20-,21-,24-,25+,26-/m0/s1. The van der Waals surface area contributed by atoms with Crippen molar-refractivity contribution in [3.05, 3.63) is 59.7 Å². The van der Waals surface area contributed by atoms with Crippen molar-refractivity contribution in [2.75, 3.05) is 20.8 Å². The molecule has 2 rings (SSSR count). The van der Waals surface area contributed by atoms with E-state index in [0.29, 0.717) is 13.0 Å². The van der Waals surface area contributed by atoms with E-state index in [9.17, 15) is 14.4 Å². The van der Waals surface area contributed by atoms with Crippen molar-refractivity contribution < 1.29 is 23.9 Å². The van der Waals surface area contributed by atoms with Gasteiger partial charge in [0.1, 0.15) is 6.04 Å². The van der Waals surface area contributed by atoms with Gasteiger partial charge in [-0.1, -0.05) is 68.0 Å². The molecule has 5 atom stereocenters. The van der Waals surface area contributed by atoms with Gasteiger partial charge < -0.3 is 19.7 Å². The summed E-state index contributed by atoms with van der Waals surface area (Å²) in [4.78, 5) is 38.8. The molecule has 0 aliphatic carbocycles. The second kappa shape index (κ2) is 13.8. The molecule has 1 saturated heterocycles. The molecular weight excluding hydrogens is 444 g/mol. The zero-order valence-corrected chi connectivity index (χ0v) is 21.8. The molecule has 1 aromatic rings. The van der Waals surface area contributed by atoms with Crippen LogP contribution in [-0.4, -0.2) is 61.6 Å². The highest BCUT2D eigenvalue weighted by Gasteiger charge is 2.38. The van der Waals surface area contributed by atoms with Gasteiger partial charge in [-0.05, 0) is 31.7 Å². The van der Waals surface area contributed by atoms with E-state index < -0.39 is 24.0 Å². The molecule has 0 saturated carbocycles. The van der Waals surface area contributed by atoms with Gasteiger partial charge in [0.25, 0.3) is 0 Å². The molecule has 1 aromatic carbocycles. The summed E-state index contributed by atoms with van der Waals surface area (Å²) in [6, 6.07) is 9.18. The summed E-state index contributed by atoms with van der Waals surface area (Å²) in [7, 11) is 3.06. The molecule has 1 aliphatic heterocycles. The van der Waals surface area contributed by atoms with E-state index >= 15 is 0 Å². The van der Waals surface area contributed by atoms with Crippen LogP contribution in [0.25, 0.3) is 0 Å². The Bertz CT molecular complexity index is 911. The maximum absolute atomic E-state index is 13.2. The average Bonchev–Trinajstić information content (AvgIpc) is 3.34. The van der Waals surface area contributed by atoms with Crippen LogP contribution in [0.15, 0.2) is 54.1 Å². The van der Waals surface area contributed by atoms with Crippen LogP contribution in [0.4, 0.5) is 0 Å². The molecule has 0 radical (unpaired) electrons. The molecule has 0 bridgehead atoms. The summed E-state index contributed by atoms with van der Waals surface area (Å²) < 4.78 is 10.6. The number of methoxy groups -OCH3 is 2. The summed E-state index contributed by atoms with van der Waals surface area (Å²) in [5.74, 6) is -1.16. The van der Waals surface area contributed by atoms with Crippen LogP contribution in [0.2, 0.25) is 0 Å². The van der Waals surface area contributed by atoms with Crippen molar-refractivity contribution in [3.63, 3.8) is 0 Å². The summed E-state index contributed by atoms with van der Waals surface area (Å²) in [6.45, 7) is 7.83. The number of benzene rings is 1. The van der Waals surface area contributed by atoms with Crippen molar-refractivity contribution in [2.45, 2.75) is 65.1 Å². The lowest BCUT2D eigenvalue weighted by molar-refractivity contribution is -0.152. The number of hydrogen-bond donors (Lipinski definition) is 1. The maximum Gasteiger partial charge on any atom is 0.328 e. The number of esters is 1. The minimum Gasteiger partial charge on any atom is -0.467 e. The van der Waals surface area contributed by atoms with E-state index in [-0.39, 0.29) is 23.8 Å². The second-order valence-corrected chi connectivity index (χ2v) is 9.32. The largest absolute Gasteiger partial charge is 0.467 e. The molecule has 2 amide bonds. The minimum absolute atomic E-state index is 0.0258.